The summed E-state index contributed by atoms with van der Waals surface area (Å²) in [5.41, 5.74) is 1.27. The molecule has 0 bridgehead atoms. The summed E-state index contributed by atoms with van der Waals surface area (Å²) in [6, 6.07) is 10.0. The molecule has 146 valence electrons. The summed E-state index contributed by atoms with van der Waals surface area (Å²) in [6.45, 7) is 6.66. The van der Waals surface area contributed by atoms with Crippen molar-refractivity contribution in [3.63, 3.8) is 0 Å². The summed E-state index contributed by atoms with van der Waals surface area (Å²) in [6.07, 6.45) is 0. The van der Waals surface area contributed by atoms with E-state index in [0.29, 0.717) is 41.2 Å². The molecule has 2 aromatic rings. The highest BCUT2D eigenvalue weighted by Gasteiger charge is 2.16. The molecule has 0 heterocycles. The summed E-state index contributed by atoms with van der Waals surface area (Å²) in [5.74, 6) is 1.63. The SMILES string of the molecule is CCOc1ccc(N[C@@H](C)C(=O)Nc2cc(Cl)ccc2OC)cc1OCC. The number of hydrogen-bond acceptors (Lipinski definition) is 5. The largest absolute Gasteiger partial charge is 0.495 e. The highest BCUT2D eigenvalue weighted by molar-refractivity contribution is 6.31. The van der Waals surface area contributed by atoms with Crippen LogP contribution in [-0.4, -0.2) is 32.3 Å². The third-order valence-corrected chi connectivity index (χ3v) is 3.97. The van der Waals surface area contributed by atoms with Gasteiger partial charge < -0.3 is 24.8 Å². The van der Waals surface area contributed by atoms with Crippen LogP contribution in [0.25, 0.3) is 0 Å². The maximum Gasteiger partial charge on any atom is 0.246 e. The van der Waals surface area contributed by atoms with Crippen molar-refractivity contribution in [3.05, 3.63) is 41.4 Å². The van der Waals surface area contributed by atoms with Gasteiger partial charge in [-0.1, -0.05) is 11.6 Å². The number of carbonyl (C=O) groups excluding carboxylic acids is 1. The van der Waals surface area contributed by atoms with Gasteiger partial charge in [0.15, 0.2) is 11.5 Å². The Hall–Kier alpha value is -2.60. The van der Waals surface area contributed by atoms with Gasteiger partial charge in [0.1, 0.15) is 11.8 Å². The fourth-order valence-corrected chi connectivity index (χ4v) is 2.65. The Morgan fingerprint density at radius 2 is 1.70 bits per heavy atom. The number of amides is 1. The van der Waals surface area contributed by atoms with Crippen molar-refractivity contribution in [2.24, 2.45) is 0 Å². The standard InChI is InChI=1S/C20H25ClN2O4/c1-5-26-18-10-8-15(12-19(18)27-6-2)22-13(3)20(24)23-16-11-14(21)7-9-17(16)25-4/h7-13,22H,5-6H2,1-4H3,(H,23,24)/t13-/m0/s1. The van der Waals surface area contributed by atoms with E-state index in [0.717, 1.165) is 5.69 Å². The number of methoxy groups -OCH3 is 1. The molecule has 0 aliphatic heterocycles. The number of hydrogen-bond donors (Lipinski definition) is 2. The molecule has 0 saturated heterocycles. The fourth-order valence-electron chi connectivity index (χ4n) is 2.48. The number of ether oxygens (including phenoxy) is 3. The van der Waals surface area contributed by atoms with E-state index in [1.807, 2.05) is 32.0 Å². The Morgan fingerprint density at radius 3 is 2.37 bits per heavy atom. The first-order valence-electron chi connectivity index (χ1n) is 8.79. The molecule has 6 nitrogen and oxygen atoms in total. The van der Waals surface area contributed by atoms with E-state index in [1.165, 1.54) is 7.11 Å². The summed E-state index contributed by atoms with van der Waals surface area (Å²) in [5, 5.41) is 6.50. The molecule has 0 radical (unpaired) electrons. The number of benzene rings is 2. The zero-order valence-electron chi connectivity index (χ0n) is 16.0. The zero-order valence-corrected chi connectivity index (χ0v) is 16.7. The van der Waals surface area contributed by atoms with Gasteiger partial charge in [0, 0.05) is 16.8 Å². The van der Waals surface area contributed by atoms with Crippen molar-refractivity contribution < 1.29 is 19.0 Å². The van der Waals surface area contributed by atoms with Crippen LogP contribution in [0, 0.1) is 0 Å². The highest BCUT2D eigenvalue weighted by atomic mass is 35.5. The second-order valence-corrected chi connectivity index (χ2v) is 6.16. The predicted octanol–water partition coefficient (Wildman–Crippen LogP) is 4.59. The minimum atomic E-state index is -0.499. The van der Waals surface area contributed by atoms with Crippen molar-refractivity contribution in [3.8, 4) is 17.2 Å². The average Bonchev–Trinajstić information content (AvgIpc) is 2.64. The van der Waals surface area contributed by atoms with Crippen LogP contribution in [0.2, 0.25) is 5.02 Å². The number of rotatable bonds is 9. The highest BCUT2D eigenvalue weighted by Crippen LogP contribution is 2.31. The third kappa shape index (κ3) is 5.69. The maximum atomic E-state index is 12.5. The van der Waals surface area contributed by atoms with Crippen molar-refractivity contribution in [1.29, 1.82) is 0 Å². The molecule has 1 atom stereocenters. The van der Waals surface area contributed by atoms with Crippen LogP contribution in [0.15, 0.2) is 36.4 Å². The van der Waals surface area contributed by atoms with Gasteiger partial charge in [-0.25, -0.2) is 0 Å². The van der Waals surface area contributed by atoms with Gasteiger partial charge in [-0.05, 0) is 51.1 Å². The van der Waals surface area contributed by atoms with E-state index in [9.17, 15) is 4.79 Å². The number of carbonyl (C=O) groups is 1. The monoisotopic (exact) mass is 392 g/mol. The third-order valence-electron chi connectivity index (χ3n) is 3.74. The number of nitrogens with one attached hydrogen (secondary N) is 2. The minimum absolute atomic E-state index is 0.220. The Bertz CT molecular complexity index is 783. The molecule has 0 aliphatic carbocycles. The Balaban J connectivity index is 2.10. The Labute approximate surface area is 164 Å². The smallest absolute Gasteiger partial charge is 0.246 e. The Morgan fingerprint density at radius 1 is 1.04 bits per heavy atom. The Kier molecular flexibility index (Phi) is 7.61. The second kappa shape index (κ2) is 9.92. The summed E-state index contributed by atoms with van der Waals surface area (Å²) in [7, 11) is 1.54. The van der Waals surface area contributed by atoms with Gasteiger partial charge >= 0.3 is 0 Å². The lowest BCUT2D eigenvalue weighted by Crippen LogP contribution is -2.32. The summed E-state index contributed by atoms with van der Waals surface area (Å²) < 4.78 is 16.4. The average molecular weight is 393 g/mol. The van der Waals surface area contributed by atoms with E-state index in [2.05, 4.69) is 10.6 Å². The van der Waals surface area contributed by atoms with Crippen LogP contribution in [0.1, 0.15) is 20.8 Å². The lowest BCUT2D eigenvalue weighted by atomic mass is 10.2. The molecule has 0 saturated carbocycles. The summed E-state index contributed by atoms with van der Waals surface area (Å²) in [4.78, 5) is 12.5. The molecule has 0 aliphatic rings. The van der Waals surface area contributed by atoms with Crippen LogP contribution in [0.3, 0.4) is 0 Å². The van der Waals surface area contributed by atoms with Gasteiger partial charge in [-0.2, -0.15) is 0 Å². The van der Waals surface area contributed by atoms with Crippen LogP contribution < -0.4 is 24.8 Å². The van der Waals surface area contributed by atoms with E-state index in [-0.39, 0.29) is 5.91 Å². The molecule has 0 unspecified atom stereocenters. The van der Waals surface area contributed by atoms with Gasteiger partial charge in [-0.15, -0.1) is 0 Å². The number of anilines is 2. The first kappa shape index (κ1) is 20.7. The second-order valence-electron chi connectivity index (χ2n) is 5.73. The van der Waals surface area contributed by atoms with Gasteiger partial charge in [0.2, 0.25) is 5.91 Å². The van der Waals surface area contributed by atoms with Crippen molar-refractivity contribution in [1.82, 2.24) is 0 Å². The fraction of sp³-hybridized carbons (Fsp3) is 0.350. The quantitative estimate of drug-likeness (QED) is 0.653. The molecule has 27 heavy (non-hydrogen) atoms. The molecule has 0 aromatic heterocycles. The zero-order chi connectivity index (χ0) is 19.8. The summed E-state index contributed by atoms with van der Waals surface area (Å²) >= 11 is 6.01. The van der Waals surface area contributed by atoms with Crippen LogP contribution >= 0.6 is 11.6 Å². The van der Waals surface area contributed by atoms with Gasteiger partial charge in [0.25, 0.3) is 0 Å². The van der Waals surface area contributed by atoms with E-state index in [1.54, 1.807) is 25.1 Å². The van der Waals surface area contributed by atoms with Gasteiger partial charge in [-0.3, -0.25) is 4.79 Å². The predicted molar refractivity (Wildman–Crippen MR) is 108 cm³/mol. The minimum Gasteiger partial charge on any atom is -0.495 e. The molecule has 2 N–H and O–H groups in total. The lowest BCUT2D eigenvalue weighted by molar-refractivity contribution is -0.116. The van der Waals surface area contributed by atoms with Crippen LogP contribution in [0.4, 0.5) is 11.4 Å². The molecule has 0 spiro atoms. The first-order chi connectivity index (χ1) is 13.0. The number of halogens is 1. The molecule has 0 fully saturated rings. The van der Waals surface area contributed by atoms with Crippen LogP contribution in [0.5, 0.6) is 17.2 Å². The van der Waals surface area contributed by atoms with Crippen LogP contribution in [-0.2, 0) is 4.79 Å². The molecular formula is C20H25ClN2O4. The van der Waals surface area contributed by atoms with Crippen molar-refractivity contribution >= 4 is 28.9 Å². The van der Waals surface area contributed by atoms with Gasteiger partial charge in [0.05, 0.1) is 26.0 Å². The van der Waals surface area contributed by atoms with Crippen molar-refractivity contribution in [2.75, 3.05) is 31.0 Å². The van der Waals surface area contributed by atoms with E-state index in [4.69, 9.17) is 25.8 Å². The molecule has 1 amide bonds. The lowest BCUT2D eigenvalue weighted by Gasteiger charge is -2.18. The normalized spacial score (nSPS) is 11.4. The van der Waals surface area contributed by atoms with E-state index >= 15 is 0 Å². The molecular weight excluding hydrogens is 368 g/mol. The molecule has 2 rings (SSSR count). The molecule has 7 heteroatoms. The van der Waals surface area contributed by atoms with Crippen molar-refractivity contribution in [2.45, 2.75) is 26.8 Å². The molecule has 2 aromatic carbocycles. The maximum absolute atomic E-state index is 12.5. The van der Waals surface area contributed by atoms with E-state index < -0.39 is 6.04 Å². The topological polar surface area (TPSA) is 68.8 Å². The first-order valence-corrected chi connectivity index (χ1v) is 9.16.